The van der Waals surface area contributed by atoms with Crippen molar-refractivity contribution in [2.24, 2.45) is 7.05 Å². The Morgan fingerprint density at radius 1 is 0.938 bits per heavy atom. The van der Waals surface area contributed by atoms with Crippen molar-refractivity contribution in [1.29, 1.82) is 0 Å². The fourth-order valence-corrected chi connectivity index (χ4v) is 4.11. The zero-order valence-electron chi connectivity index (χ0n) is 18.1. The van der Waals surface area contributed by atoms with Crippen molar-refractivity contribution in [2.45, 2.75) is 31.9 Å². The summed E-state index contributed by atoms with van der Waals surface area (Å²) in [7, 11) is 2.00. The van der Waals surface area contributed by atoms with Crippen molar-refractivity contribution < 1.29 is 13.2 Å². The van der Waals surface area contributed by atoms with Gasteiger partial charge in [0.15, 0.2) is 5.82 Å². The van der Waals surface area contributed by atoms with Gasteiger partial charge < -0.3 is 4.57 Å². The molecule has 1 aliphatic heterocycles. The second kappa shape index (κ2) is 9.69. The zero-order chi connectivity index (χ0) is 22.6. The van der Waals surface area contributed by atoms with E-state index in [1.165, 1.54) is 12.1 Å². The molecule has 2 heterocycles. The summed E-state index contributed by atoms with van der Waals surface area (Å²) in [5.41, 5.74) is 2.15. The first-order valence-electron chi connectivity index (χ1n) is 10.9. The van der Waals surface area contributed by atoms with Crippen LogP contribution in [0, 0.1) is 0 Å². The number of nitrogens with zero attached hydrogens (tertiary/aromatic N) is 4. The highest BCUT2D eigenvalue weighted by atomic mass is 19.4. The van der Waals surface area contributed by atoms with Crippen LogP contribution in [0.1, 0.15) is 36.2 Å². The van der Waals surface area contributed by atoms with Crippen LogP contribution in [-0.2, 0) is 19.6 Å². The molecule has 1 aliphatic rings. The summed E-state index contributed by atoms with van der Waals surface area (Å²) in [6.07, 6.45) is 1.46. The molecule has 0 bridgehead atoms. The summed E-state index contributed by atoms with van der Waals surface area (Å²) < 4.78 is 41.0. The Labute approximate surface area is 186 Å². The third-order valence-corrected chi connectivity index (χ3v) is 5.98. The fraction of sp³-hybridized carbons (Fsp3) is 0.360. The van der Waals surface area contributed by atoms with Gasteiger partial charge in [-0.25, -0.2) is 0 Å². The summed E-state index contributed by atoms with van der Waals surface area (Å²) in [5, 5.41) is 8.69. The predicted octanol–water partition coefficient (Wildman–Crippen LogP) is 5.61. The molecule has 1 aromatic heterocycles. The molecule has 4 nitrogen and oxygen atoms in total. The van der Waals surface area contributed by atoms with Crippen molar-refractivity contribution in [3.63, 3.8) is 0 Å². The lowest BCUT2D eigenvalue weighted by molar-refractivity contribution is -0.137. The Bertz CT molecular complexity index is 1070. The summed E-state index contributed by atoms with van der Waals surface area (Å²) >= 11 is 0. The van der Waals surface area contributed by atoms with Crippen molar-refractivity contribution in [2.75, 3.05) is 19.6 Å². The highest BCUT2D eigenvalue weighted by molar-refractivity contribution is 5.67. The van der Waals surface area contributed by atoms with Crippen LogP contribution < -0.4 is 0 Å². The Balaban J connectivity index is 1.26. The zero-order valence-corrected chi connectivity index (χ0v) is 18.1. The molecule has 0 aliphatic carbocycles. The Kier molecular flexibility index (Phi) is 6.74. The Morgan fingerprint density at radius 2 is 1.72 bits per heavy atom. The molecule has 0 unspecified atom stereocenters. The van der Waals surface area contributed by atoms with E-state index in [0.717, 1.165) is 74.2 Å². The van der Waals surface area contributed by atoms with E-state index in [4.69, 9.17) is 0 Å². The first kappa shape index (κ1) is 22.3. The van der Waals surface area contributed by atoms with Crippen molar-refractivity contribution >= 4 is 5.57 Å². The highest BCUT2D eigenvalue weighted by Crippen LogP contribution is 2.32. The minimum absolute atomic E-state index is 0.586. The van der Waals surface area contributed by atoms with Gasteiger partial charge in [-0.15, -0.1) is 10.2 Å². The largest absolute Gasteiger partial charge is 0.416 e. The van der Waals surface area contributed by atoms with Crippen LogP contribution in [0.4, 0.5) is 13.2 Å². The number of halogens is 3. The van der Waals surface area contributed by atoms with E-state index in [2.05, 4.69) is 25.7 Å². The van der Waals surface area contributed by atoms with Gasteiger partial charge in [0.1, 0.15) is 5.82 Å². The molecular weight excluding hydrogens is 413 g/mol. The smallest absolute Gasteiger partial charge is 0.314 e. The average molecular weight is 441 g/mol. The maximum absolute atomic E-state index is 13.0. The number of unbranched alkanes of at least 4 members (excludes halogenated alkanes) is 1. The number of rotatable bonds is 7. The van der Waals surface area contributed by atoms with E-state index < -0.39 is 11.7 Å². The number of aromatic nitrogens is 3. The van der Waals surface area contributed by atoms with Crippen molar-refractivity contribution in [3.05, 3.63) is 77.6 Å². The minimum atomic E-state index is -4.30. The second-order valence-corrected chi connectivity index (χ2v) is 8.18. The highest BCUT2D eigenvalue weighted by Gasteiger charge is 2.30. The van der Waals surface area contributed by atoms with Gasteiger partial charge in [-0.1, -0.05) is 48.5 Å². The van der Waals surface area contributed by atoms with Gasteiger partial charge >= 0.3 is 6.18 Å². The van der Waals surface area contributed by atoms with Crippen LogP contribution in [0.15, 0.2) is 60.7 Å². The van der Waals surface area contributed by atoms with E-state index >= 15 is 0 Å². The molecule has 32 heavy (non-hydrogen) atoms. The topological polar surface area (TPSA) is 34.0 Å². The maximum atomic E-state index is 13.0. The van der Waals surface area contributed by atoms with Gasteiger partial charge in [-0.3, -0.25) is 4.90 Å². The van der Waals surface area contributed by atoms with E-state index in [1.807, 2.05) is 37.4 Å². The quantitative estimate of drug-likeness (QED) is 0.448. The molecular formula is C25H27F3N4. The molecule has 7 heteroatoms. The average Bonchev–Trinajstić information content (AvgIpc) is 3.17. The standard InChI is InChI=1S/C25H27F3N4/c1-31-23(29-30-24(31)20-8-3-2-4-9-20)12-5-6-15-32-16-13-19(14-17-32)21-10-7-11-22(18-21)25(26,27)28/h2-4,7-11,13,18H,5-6,12,14-17H2,1H3. The molecule has 0 amide bonds. The number of hydrogen-bond donors (Lipinski definition) is 0. The lowest BCUT2D eigenvalue weighted by atomic mass is 9.97. The SMILES string of the molecule is Cn1c(CCCCN2CC=C(c3cccc(C(F)(F)F)c3)CC2)nnc1-c1ccccc1. The van der Waals surface area contributed by atoms with E-state index in [0.29, 0.717) is 5.56 Å². The van der Waals surface area contributed by atoms with Crippen LogP contribution in [0.3, 0.4) is 0 Å². The number of hydrogen-bond acceptors (Lipinski definition) is 3. The molecule has 0 atom stereocenters. The van der Waals surface area contributed by atoms with Crippen molar-refractivity contribution in [3.8, 4) is 11.4 Å². The second-order valence-electron chi connectivity index (χ2n) is 8.18. The molecule has 0 saturated carbocycles. The maximum Gasteiger partial charge on any atom is 0.416 e. The monoisotopic (exact) mass is 440 g/mol. The van der Waals surface area contributed by atoms with Crippen molar-refractivity contribution in [1.82, 2.24) is 19.7 Å². The molecule has 0 N–H and O–H groups in total. The fourth-order valence-electron chi connectivity index (χ4n) is 4.11. The van der Waals surface area contributed by atoms with Gasteiger partial charge in [-0.05, 0) is 49.1 Å². The van der Waals surface area contributed by atoms with Crippen LogP contribution in [-0.4, -0.2) is 39.3 Å². The van der Waals surface area contributed by atoms with E-state index in [1.54, 1.807) is 6.07 Å². The summed E-state index contributed by atoms with van der Waals surface area (Å²) in [6.45, 7) is 2.60. The lowest BCUT2D eigenvalue weighted by Gasteiger charge is -2.26. The normalized spacial score (nSPS) is 15.1. The van der Waals surface area contributed by atoms with Gasteiger partial charge in [0.05, 0.1) is 5.56 Å². The number of benzene rings is 2. The third kappa shape index (κ3) is 5.27. The van der Waals surface area contributed by atoms with E-state index in [9.17, 15) is 13.2 Å². The third-order valence-electron chi connectivity index (χ3n) is 5.98. The molecule has 0 saturated heterocycles. The van der Waals surface area contributed by atoms with Crippen LogP contribution >= 0.6 is 0 Å². The van der Waals surface area contributed by atoms with Gasteiger partial charge in [0, 0.05) is 32.1 Å². The minimum Gasteiger partial charge on any atom is -0.314 e. The lowest BCUT2D eigenvalue weighted by Crippen LogP contribution is -2.29. The number of aryl methyl sites for hydroxylation is 1. The molecule has 0 spiro atoms. The molecule has 4 rings (SSSR count). The molecule has 0 fully saturated rings. The Morgan fingerprint density at radius 3 is 2.44 bits per heavy atom. The summed E-state index contributed by atoms with van der Waals surface area (Å²) in [4.78, 5) is 2.35. The van der Waals surface area contributed by atoms with Crippen LogP contribution in [0.25, 0.3) is 17.0 Å². The van der Waals surface area contributed by atoms with Gasteiger partial charge in [0.25, 0.3) is 0 Å². The molecule has 2 aromatic carbocycles. The van der Waals surface area contributed by atoms with Gasteiger partial charge in [-0.2, -0.15) is 13.2 Å². The first-order valence-corrected chi connectivity index (χ1v) is 10.9. The van der Waals surface area contributed by atoms with Gasteiger partial charge in [0.2, 0.25) is 0 Å². The van der Waals surface area contributed by atoms with E-state index in [-0.39, 0.29) is 0 Å². The summed E-state index contributed by atoms with van der Waals surface area (Å²) in [6, 6.07) is 15.7. The molecule has 3 aromatic rings. The Hall–Kier alpha value is -2.93. The van der Waals surface area contributed by atoms with Crippen LogP contribution in [0.5, 0.6) is 0 Å². The number of alkyl halides is 3. The molecule has 168 valence electrons. The molecule has 0 radical (unpaired) electrons. The first-order chi connectivity index (χ1) is 15.4. The predicted molar refractivity (Wildman–Crippen MR) is 120 cm³/mol. The summed E-state index contributed by atoms with van der Waals surface area (Å²) in [5.74, 6) is 1.86. The van der Waals surface area contributed by atoms with Crippen LogP contribution in [0.2, 0.25) is 0 Å².